The lowest BCUT2D eigenvalue weighted by atomic mass is 10.3. The fourth-order valence-electron chi connectivity index (χ4n) is 1.68. The van der Waals surface area contributed by atoms with E-state index in [2.05, 4.69) is 9.88 Å². The van der Waals surface area contributed by atoms with Gasteiger partial charge in [-0.15, -0.1) is 0 Å². The van der Waals surface area contributed by atoms with E-state index in [1.54, 1.807) is 14.2 Å². The molecule has 6 nitrogen and oxygen atoms in total. The van der Waals surface area contributed by atoms with Crippen LogP contribution in [0.4, 0.5) is 11.5 Å². The van der Waals surface area contributed by atoms with E-state index >= 15 is 0 Å². The van der Waals surface area contributed by atoms with Crippen molar-refractivity contribution in [3.63, 3.8) is 0 Å². The molecule has 0 aliphatic rings. The number of hydrogen-bond donors (Lipinski definition) is 1. The van der Waals surface area contributed by atoms with Crippen molar-refractivity contribution in [3.05, 3.63) is 12.1 Å². The van der Waals surface area contributed by atoms with Crippen molar-refractivity contribution in [1.82, 2.24) is 4.98 Å². The lowest BCUT2D eigenvalue weighted by Crippen LogP contribution is -2.31. The smallest absolute Gasteiger partial charge is 0.239 e. The average Bonchev–Trinajstić information content (AvgIpc) is 2.47. The summed E-state index contributed by atoms with van der Waals surface area (Å²) in [5.41, 5.74) is 6.43. The number of ether oxygens (including phenoxy) is 3. The fraction of sp³-hybridized carbons (Fsp3) is 0.643. The molecule has 0 aliphatic carbocycles. The van der Waals surface area contributed by atoms with Crippen LogP contribution in [0.25, 0.3) is 0 Å². The zero-order chi connectivity index (χ0) is 14.8. The number of nitrogens with two attached hydrogens (primary N) is 1. The minimum atomic E-state index is 0.490. The predicted octanol–water partition coefficient (Wildman–Crippen LogP) is 1.55. The van der Waals surface area contributed by atoms with Crippen LogP contribution in [0.15, 0.2) is 12.1 Å². The molecule has 0 amide bonds. The molecule has 0 saturated heterocycles. The number of nitrogen functional groups attached to an aromatic ring is 1. The Kier molecular flexibility index (Phi) is 7.75. The van der Waals surface area contributed by atoms with Gasteiger partial charge in [0.15, 0.2) is 0 Å². The van der Waals surface area contributed by atoms with Gasteiger partial charge in [0.2, 0.25) is 5.88 Å². The Hall–Kier alpha value is -1.53. The van der Waals surface area contributed by atoms with Gasteiger partial charge in [-0.2, -0.15) is 4.98 Å². The minimum Gasteiger partial charge on any atom is -0.476 e. The monoisotopic (exact) mass is 283 g/mol. The van der Waals surface area contributed by atoms with Gasteiger partial charge in [-0.05, 0) is 18.6 Å². The van der Waals surface area contributed by atoms with E-state index in [-0.39, 0.29) is 0 Å². The third kappa shape index (κ3) is 5.22. The molecule has 2 N–H and O–H groups in total. The number of anilines is 2. The first kappa shape index (κ1) is 16.5. The molecule has 0 saturated carbocycles. The zero-order valence-electron chi connectivity index (χ0n) is 12.6. The number of rotatable bonds is 10. The molecule has 0 fully saturated rings. The van der Waals surface area contributed by atoms with Crippen LogP contribution < -0.4 is 15.4 Å². The van der Waals surface area contributed by atoms with Gasteiger partial charge in [0.1, 0.15) is 5.82 Å². The summed E-state index contributed by atoms with van der Waals surface area (Å²) in [6.07, 6.45) is 0.919. The van der Waals surface area contributed by atoms with E-state index < -0.39 is 0 Å². The molecule has 0 aromatic carbocycles. The highest BCUT2D eigenvalue weighted by atomic mass is 16.5. The van der Waals surface area contributed by atoms with Crippen LogP contribution in [0.1, 0.15) is 13.3 Å². The van der Waals surface area contributed by atoms with E-state index in [1.807, 2.05) is 19.1 Å². The summed E-state index contributed by atoms with van der Waals surface area (Å²) in [4.78, 5) is 6.57. The predicted molar refractivity (Wildman–Crippen MR) is 80.4 cm³/mol. The molecule has 1 aromatic rings. The number of hydrogen-bond acceptors (Lipinski definition) is 6. The molecule has 114 valence electrons. The second kappa shape index (κ2) is 9.39. The van der Waals surface area contributed by atoms with Crippen molar-refractivity contribution in [2.24, 2.45) is 0 Å². The topological polar surface area (TPSA) is 69.8 Å². The molecule has 0 atom stereocenters. The Labute approximate surface area is 120 Å². The van der Waals surface area contributed by atoms with Crippen molar-refractivity contribution in [2.75, 3.05) is 57.8 Å². The number of nitrogens with zero attached hydrogens (tertiary/aromatic N) is 2. The molecule has 6 heteroatoms. The molecular formula is C14H25N3O3. The largest absolute Gasteiger partial charge is 0.476 e. The summed E-state index contributed by atoms with van der Waals surface area (Å²) in [6.45, 7) is 5.39. The first-order chi connectivity index (χ1) is 9.72. The van der Waals surface area contributed by atoms with Crippen LogP contribution in [0, 0.1) is 0 Å². The van der Waals surface area contributed by atoms with Crippen molar-refractivity contribution >= 4 is 11.5 Å². The summed E-state index contributed by atoms with van der Waals surface area (Å²) < 4.78 is 15.8. The van der Waals surface area contributed by atoms with Gasteiger partial charge < -0.3 is 24.8 Å². The first-order valence-electron chi connectivity index (χ1n) is 6.85. The molecule has 20 heavy (non-hydrogen) atoms. The average molecular weight is 283 g/mol. The molecule has 1 rings (SSSR count). The molecule has 0 bridgehead atoms. The van der Waals surface area contributed by atoms with Crippen molar-refractivity contribution in [1.29, 1.82) is 0 Å². The highest BCUT2D eigenvalue weighted by molar-refractivity contribution is 5.54. The summed E-state index contributed by atoms with van der Waals surface area (Å²) in [5, 5.41) is 0. The van der Waals surface area contributed by atoms with E-state index in [0.717, 1.165) is 25.3 Å². The molecule has 1 heterocycles. The van der Waals surface area contributed by atoms with Gasteiger partial charge in [0.25, 0.3) is 0 Å². The van der Waals surface area contributed by atoms with E-state index in [4.69, 9.17) is 19.9 Å². The highest BCUT2D eigenvalue weighted by Crippen LogP contribution is 2.23. The van der Waals surface area contributed by atoms with Crippen LogP contribution in [0.3, 0.4) is 0 Å². The van der Waals surface area contributed by atoms with Crippen LogP contribution >= 0.6 is 0 Å². The summed E-state index contributed by atoms with van der Waals surface area (Å²) in [7, 11) is 3.36. The van der Waals surface area contributed by atoms with E-state index in [9.17, 15) is 0 Å². The van der Waals surface area contributed by atoms with Crippen LogP contribution in [-0.4, -0.2) is 52.1 Å². The third-order valence-corrected chi connectivity index (χ3v) is 2.77. The number of aromatic nitrogens is 1. The van der Waals surface area contributed by atoms with Gasteiger partial charge in [0.05, 0.1) is 25.5 Å². The Morgan fingerprint density at radius 3 is 2.30 bits per heavy atom. The van der Waals surface area contributed by atoms with Crippen molar-refractivity contribution in [2.45, 2.75) is 13.3 Å². The van der Waals surface area contributed by atoms with Crippen LogP contribution in [0.5, 0.6) is 5.88 Å². The SMILES string of the molecule is CCCOc1nc(N(CCOC)CCOC)ccc1N. The van der Waals surface area contributed by atoms with Gasteiger partial charge in [-0.1, -0.05) is 6.92 Å². The summed E-state index contributed by atoms with van der Waals surface area (Å²) in [5.74, 6) is 1.31. The highest BCUT2D eigenvalue weighted by Gasteiger charge is 2.11. The maximum absolute atomic E-state index is 5.88. The maximum atomic E-state index is 5.88. The maximum Gasteiger partial charge on any atom is 0.239 e. The Morgan fingerprint density at radius 2 is 1.75 bits per heavy atom. The van der Waals surface area contributed by atoms with Crippen molar-refractivity contribution < 1.29 is 14.2 Å². The Morgan fingerprint density at radius 1 is 1.10 bits per heavy atom. The standard InChI is InChI=1S/C14H25N3O3/c1-4-9-20-14-12(15)5-6-13(16-14)17(7-10-18-2)8-11-19-3/h5-6H,4,7-11,15H2,1-3H3. The molecule has 1 aromatic heterocycles. The number of pyridine rings is 1. The Balaban J connectivity index is 2.82. The second-order valence-electron chi connectivity index (χ2n) is 4.38. The van der Waals surface area contributed by atoms with Gasteiger partial charge in [-0.3, -0.25) is 0 Å². The normalized spacial score (nSPS) is 10.6. The van der Waals surface area contributed by atoms with Crippen molar-refractivity contribution in [3.8, 4) is 5.88 Å². The summed E-state index contributed by atoms with van der Waals surface area (Å²) >= 11 is 0. The summed E-state index contributed by atoms with van der Waals surface area (Å²) in [6, 6.07) is 3.71. The number of methoxy groups -OCH3 is 2. The Bertz CT molecular complexity index is 380. The minimum absolute atomic E-state index is 0.490. The van der Waals surface area contributed by atoms with Gasteiger partial charge in [-0.25, -0.2) is 0 Å². The lowest BCUT2D eigenvalue weighted by molar-refractivity contribution is 0.190. The first-order valence-corrected chi connectivity index (χ1v) is 6.85. The van der Waals surface area contributed by atoms with Gasteiger partial charge >= 0.3 is 0 Å². The zero-order valence-corrected chi connectivity index (χ0v) is 12.6. The molecule has 0 radical (unpaired) electrons. The fourth-order valence-corrected chi connectivity index (χ4v) is 1.68. The molecule has 0 aliphatic heterocycles. The van der Waals surface area contributed by atoms with Crippen LogP contribution in [0.2, 0.25) is 0 Å². The molecule has 0 spiro atoms. The lowest BCUT2D eigenvalue weighted by Gasteiger charge is -2.23. The second-order valence-corrected chi connectivity index (χ2v) is 4.38. The molecular weight excluding hydrogens is 258 g/mol. The van der Waals surface area contributed by atoms with E-state index in [1.165, 1.54) is 0 Å². The van der Waals surface area contributed by atoms with Gasteiger partial charge in [0, 0.05) is 27.3 Å². The third-order valence-electron chi connectivity index (χ3n) is 2.77. The van der Waals surface area contributed by atoms with Crippen LogP contribution in [-0.2, 0) is 9.47 Å². The van der Waals surface area contributed by atoms with E-state index in [0.29, 0.717) is 31.4 Å². The molecule has 0 unspecified atom stereocenters. The quantitative estimate of drug-likeness (QED) is 0.702.